The average Bonchev–Trinajstić information content (AvgIpc) is 2.67. The topological polar surface area (TPSA) is 77.0 Å². The number of nitrogens with one attached hydrogen (secondary N) is 1. The predicted molar refractivity (Wildman–Crippen MR) is 88.2 cm³/mol. The molecule has 0 aliphatic heterocycles. The summed E-state index contributed by atoms with van der Waals surface area (Å²) in [5.74, 6) is 0.503. The van der Waals surface area contributed by atoms with E-state index in [9.17, 15) is 4.79 Å². The molecule has 1 N–H and O–H groups in total. The third-order valence-electron chi connectivity index (χ3n) is 3.29. The Morgan fingerprint density at radius 1 is 1.00 bits per heavy atom. The SMILES string of the molecule is O=C(NCc1ccc(OCc2ccccn2)cc1)c1cnccn1. The number of hydrogen-bond acceptors (Lipinski definition) is 5. The van der Waals surface area contributed by atoms with Crippen LogP contribution in [0.25, 0.3) is 0 Å². The van der Waals surface area contributed by atoms with Gasteiger partial charge in [-0.3, -0.25) is 14.8 Å². The van der Waals surface area contributed by atoms with E-state index in [0.717, 1.165) is 17.0 Å². The minimum atomic E-state index is -0.251. The number of benzene rings is 1. The molecule has 24 heavy (non-hydrogen) atoms. The predicted octanol–water partition coefficient (Wildman–Crippen LogP) is 2.38. The van der Waals surface area contributed by atoms with Crippen molar-refractivity contribution < 1.29 is 9.53 Å². The summed E-state index contributed by atoms with van der Waals surface area (Å²) in [5.41, 5.74) is 2.14. The van der Waals surface area contributed by atoms with E-state index in [1.54, 1.807) is 6.20 Å². The summed E-state index contributed by atoms with van der Waals surface area (Å²) in [6, 6.07) is 13.3. The average molecular weight is 320 g/mol. The van der Waals surface area contributed by atoms with Crippen LogP contribution in [0.3, 0.4) is 0 Å². The molecule has 0 aliphatic carbocycles. The Balaban J connectivity index is 1.50. The van der Waals surface area contributed by atoms with Crippen molar-refractivity contribution in [2.45, 2.75) is 13.2 Å². The van der Waals surface area contributed by atoms with Crippen LogP contribution in [0.4, 0.5) is 0 Å². The molecule has 1 aromatic carbocycles. The van der Waals surface area contributed by atoms with Crippen LogP contribution in [0.2, 0.25) is 0 Å². The fourth-order valence-electron chi connectivity index (χ4n) is 2.03. The molecular weight excluding hydrogens is 304 g/mol. The summed E-state index contributed by atoms with van der Waals surface area (Å²) in [6.07, 6.45) is 6.19. The highest BCUT2D eigenvalue weighted by Gasteiger charge is 2.06. The summed E-state index contributed by atoms with van der Waals surface area (Å²) in [4.78, 5) is 23.9. The molecule has 0 bridgehead atoms. The molecule has 0 saturated carbocycles. The zero-order valence-corrected chi connectivity index (χ0v) is 12.9. The molecule has 0 spiro atoms. The number of carbonyl (C=O) groups excluding carboxylic acids is 1. The van der Waals surface area contributed by atoms with E-state index in [1.807, 2.05) is 42.5 Å². The lowest BCUT2D eigenvalue weighted by molar-refractivity contribution is 0.0945. The molecule has 120 valence electrons. The lowest BCUT2D eigenvalue weighted by Crippen LogP contribution is -2.23. The third-order valence-corrected chi connectivity index (χ3v) is 3.29. The number of hydrogen-bond donors (Lipinski definition) is 1. The van der Waals surface area contributed by atoms with Gasteiger partial charge < -0.3 is 10.1 Å². The highest BCUT2D eigenvalue weighted by Crippen LogP contribution is 2.13. The molecule has 0 atom stereocenters. The second-order valence-corrected chi connectivity index (χ2v) is 5.03. The van der Waals surface area contributed by atoms with Gasteiger partial charge in [0.2, 0.25) is 0 Å². The summed E-state index contributed by atoms with van der Waals surface area (Å²) in [5, 5.41) is 2.80. The first-order valence-electron chi connectivity index (χ1n) is 7.47. The second kappa shape index (κ2) is 7.82. The summed E-state index contributed by atoms with van der Waals surface area (Å²) in [6.45, 7) is 0.833. The van der Waals surface area contributed by atoms with E-state index >= 15 is 0 Å². The number of nitrogens with zero attached hydrogens (tertiary/aromatic N) is 3. The molecule has 0 saturated heterocycles. The van der Waals surface area contributed by atoms with Crippen LogP contribution in [0.15, 0.2) is 67.3 Å². The number of carbonyl (C=O) groups is 1. The Bertz CT molecular complexity index is 777. The fraction of sp³-hybridized carbons (Fsp3) is 0.111. The molecule has 3 rings (SSSR count). The highest BCUT2D eigenvalue weighted by molar-refractivity contribution is 5.91. The van der Waals surface area contributed by atoms with E-state index < -0.39 is 0 Å². The van der Waals surface area contributed by atoms with Crippen molar-refractivity contribution in [2.24, 2.45) is 0 Å². The minimum absolute atomic E-state index is 0.251. The van der Waals surface area contributed by atoms with Gasteiger partial charge in [0.1, 0.15) is 18.1 Å². The Morgan fingerprint density at radius 3 is 2.58 bits per heavy atom. The summed E-state index contributed by atoms with van der Waals surface area (Å²) >= 11 is 0. The Morgan fingerprint density at radius 2 is 1.88 bits per heavy atom. The van der Waals surface area contributed by atoms with Gasteiger partial charge in [0, 0.05) is 25.1 Å². The minimum Gasteiger partial charge on any atom is -0.487 e. The summed E-state index contributed by atoms with van der Waals surface area (Å²) in [7, 11) is 0. The zero-order valence-electron chi connectivity index (χ0n) is 12.9. The van der Waals surface area contributed by atoms with Crippen molar-refractivity contribution in [1.82, 2.24) is 20.3 Å². The zero-order chi connectivity index (χ0) is 16.6. The third kappa shape index (κ3) is 4.36. The largest absolute Gasteiger partial charge is 0.487 e. The van der Waals surface area contributed by atoms with Crippen molar-refractivity contribution in [3.63, 3.8) is 0 Å². The second-order valence-electron chi connectivity index (χ2n) is 5.03. The highest BCUT2D eigenvalue weighted by atomic mass is 16.5. The van der Waals surface area contributed by atoms with Crippen molar-refractivity contribution in [2.75, 3.05) is 0 Å². The molecule has 6 nitrogen and oxygen atoms in total. The van der Waals surface area contributed by atoms with E-state index in [4.69, 9.17) is 4.74 Å². The molecule has 2 aromatic heterocycles. The molecule has 0 fully saturated rings. The van der Waals surface area contributed by atoms with E-state index in [2.05, 4.69) is 20.3 Å². The molecular formula is C18H16N4O2. The first-order chi connectivity index (χ1) is 11.8. The van der Waals surface area contributed by atoms with Gasteiger partial charge in [0.25, 0.3) is 5.91 Å². The van der Waals surface area contributed by atoms with Gasteiger partial charge >= 0.3 is 0 Å². The van der Waals surface area contributed by atoms with Crippen LogP contribution in [-0.2, 0) is 13.2 Å². The maximum atomic E-state index is 11.9. The first-order valence-corrected chi connectivity index (χ1v) is 7.47. The van der Waals surface area contributed by atoms with Crippen LogP contribution in [0, 0.1) is 0 Å². The van der Waals surface area contributed by atoms with Gasteiger partial charge in [-0.05, 0) is 29.8 Å². The van der Waals surface area contributed by atoms with Crippen molar-refractivity contribution in [1.29, 1.82) is 0 Å². The molecule has 0 radical (unpaired) electrons. The van der Waals surface area contributed by atoms with Gasteiger partial charge in [-0.1, -0.05) is 18.2 Å². The number of aromatic nitrogens is 3. The molecule has 3 aromatic rings. The molecule has 6 heteroatoms. The molecule has 0 unspecified atom stereocenters. The maximum Gasteiger partial charge on any atom is 0.271 e. The van der Waals surface area contributed by atoms with Gasteiger partial charge in [0.15, 0.2) is 0 Å². The van der Waals surface area contributed by atoms with Crippen LogP contribution >= 0.6 is 0 Å². The van der Waals surface area contributed by atoms with E-state index in [-0.39, 0.29) is 5.91 Å². The van der Waals surface area contributed by atoms with Crippen LogP contribution < -0.4 is 10.1 Å². The van der Waals surface area contributed by atoms with E-state index in [1.165, 1.54) is 18.6 Å². The quantitative estimate of drug-likeness (QED) is 0.754. The number of amides is 1. The van der Waals surface area contributed by atoms with Gasteiger partial charge in [-0.25, -0.2) is 4.98 Å². The normalized spacial score (nSPS) is 10.2. The Kier molecular flexibility index (Phi) is 5.09. The Labute approximate surface area is 139 Å². The molecule has 2 heterocycles. The standard InChI is InChI=1S/C18H16N4O2/c23-18(17-12-19-9-10-21-17)22-11-14-4-6-16(7-5-14)24-13-15-3-1-2-8-20-15/h1-10,12H,11,13H2,(H,22,23). The number of rotatable bonds is 6. The van der Waals surface area contributed by atoms with Gasteiger partial charge in [-0.15, -0.1) is 0 Å². The smallest absolute Gasteiger partial charge is 0.271 e. The monoisotopic (exact) mass is 320 g/mol. The molecule has 1 amide bonds. The lowest BCUT2D eigenvalue weighted by Gasteiger charge is -2.08. The first kappa shape index (κ1) is 15.6. The van der Waals surface area contributed by atoms with E-state index in [0.29, 0.717) is 18.8 Å². The lowest BCUT2D eigenvalue weighted by atomic mass is 10.2. The van der Waals surface area contributed by atoms with Crippen molar-refractivity contribution in [3.8, 4) is 5.75 Å². The Hall–Kier alpha value is -3.28. The molecule has 0 aliphatic rings. The van der Waals surface area contributed by atoms with Gasteiger partial charge in [0.05, 0.1) is 11.9 Å². The number of pyridine rings is 1. The maximum absolute atomic E-state index is 11.9. The summed E-state index contributed by atoms with van der Waals surface area (Å²) < 4.78 is 5.67. The van der Waals surface area contributed by atoms with Crippen molar-refractivity contribution in [3.05, 3.63) is 84.2 Å². The van der Waals surface area contributed by atoms with Crippen LogP contribution in [0.5, 0.6) is 5.75 Å². The van der Waals surface area contributed by atoms with Crippen molar-refractivity contribution >= 4 is 5.91 Å². The van der Waals surface area contributed by atoms with Crippen LogP contribution in [-0.4, -0.2) is 20.9 Å². The fourth-order valence-corrected chi connectivity index (χ4v) is 2.03. The van der Waals surface area contributed by atoms with Crippen LogP contribution in [0.1, 0.15) is 21.7 Å². The van der Waals surface area contributed by atoms with Gasteiger partial charge in [-0.2, -0.15) is 0 Å². The number of ether oxygens (including phenoxy) is 1.